The molecule has 2 heterocycles. The molecule has 0 bridgehead atoms. The Kier molecular flexibility index (Phi) is 3.62. The van der Waals surface area contributed by atoms with E-state index >= 15 is 0 Å². The molecule has 0 aromatic carbocycles. The van der Waals surface area contributed by atoms with Crippen molar-refractivity contribution in [2.75, 3.05) is 19.8 Å². The molecule has 3 rings (SSSR count). The van der Waals surface area contributed by atoms with E-state index in [0.717, 1.165) is 18.7 Å². The van der Waals surface area contributed by atoms with Gasteiger partial charge in [-0.1, -0.05) is 0 Å². The molecule has 1 aromatic heterocycles. The van der Waals surface area contributed by atoms with E-state index in [9.17, 15) is 14.7 Å². The van der Waals surface area contributed by atoms with E-state index < -0.39 is 17.3 Å². The first kappa shape index (κ1) is 14.0. The highest BCUT2D eigenvalue weighted by Crippen LogP contribution is 2.37. The van der Waals surface area contributed by atoms with Crippen molar-refractivity contribution in [3.8, 4) is 0 Å². The Morgan fingerprint density at radius 3 is 2.71 bits per heavy atom. The van der Waals surface area contributed by atoms with Gasteiger partial charge in [0.25, 0.3) is 5.91 Å². The van der Waals surface area contributed by atoms with Crippen LogP contribution in [0, 0.1) is 5.41 Å². The number of H-pyrrole nitrogens is 1. The Balaban J connectivity index is 1.61. The van der Waals surface area contributed by atoms with Crippen LogP contribution >= 0.6 is 0 Å². The summed E-state index contributed by atoms with van der Waals surface area (Å²) >= 11 is 0. The number of nitrogens with one attached hydrogen (secondary N) is 2. The monoisotopic (exact) mass is 294 g/mol. The maximum atomic E-state index is 12.0. The summed E-state index contributed by atoms with van der Waals surface area (Å²) in [5.41, 5.74) is -0.955. The Bertz CT molecular complexity index is 546. The minimum atomic E-state index is -0.955. The molecule has 3 N–H and O–H groups in total. The zero-order chi connectivity index (χ0) is 14.9. The van der Waals surface area contributed by atoms with Crippen molar-refractivity contribution in [1.82, 2.24) is 20.5 Å². The van der Waals surface area contributed by atoms with Crippen molar-refractivity contribution < 1.29 is 19.4 Å². The molecule has 0 unspecified atom stereocenters. The van der Waals surface area contributed by atoms with E-state index in [1.165, 1.54) is 0 Å². The van der Waals surface area contributed by atoms with Crippen molar-refractivity contribution in [2.45, 2.75) is 31.6 Å². The molecule has 0 atom stereocenters. The lowest BCUT2D eigenvalue weighted by atomic mass is 9.80. The third-order valence-corrected chi connectivity index (χ3v) is 4.16. The maximum Gasteiger partial charge on any atom is 0.311 e. The normalized spacial score (nSPS) is 21.0. The molecule has 1 saturated carbocycles. The first-order valence-electron chi connectivity index (χ1n) is 7.12. The lowest BCUT2D eigenvalue weighted by Crippen LogP contribution is -2.46. The lowest BCUT2D eigenvalue weighted by molar-refractivity contribution is -0.154. The third-order valence-electron chi connectivity index (χ3n) is 4.16. The fourth-order valence-electron chi connectivity index (χ4n) is 2.47. The molecule has 0 spiro atoms. The van der Waals surface area contributed by atoms with Crippen molar-refractivity contribution in [3.05, 3.63) is 11.6 Å². The molecule has 114 valence electrons. The minimum absolute atomic E-state index is 0.0673. The van der Waals surface area contributed by atoms with Crippen LogP contribution < -0.4 is 5.32 Å². The summed E-state index contributed by atoms with van der Waals surface area (Å²) in [5.74, 6) is -0.145. The zero-order valence-corrected chi connectivity index (χ0v) is 11.6. The molecule has 1 saturated heterocycles. The number of aromatic nitrogens is 3. The van der Waals surface area contributed by atoms with Crippen molar-refractivity contribution in [3.63, 3.8) is 0 Å². The van der Waals surface area contributed by atoms with Crippen LogP contribution in [0.1, 0.15) is 48.0 Å². The van der Waals surface area contributed by atoms with E-state index in [1.807, 2.05) is 0 Å². The second-order valence-electron chi connectivity index (χ2n) is 5.70. The van der Waals surface area contributed by atoms with Crippen LogP contribution in [0.4, 0.5) is 0 Å². The lowest BCUT2D eigenvalue weighted by Gasteiger charge is -2.32. The molecule has 21 heavy (non-hydrogen) atoms. The minimum Gasteiger partial charge on any atom is -0.481 e. The van der Waals surface area contributed by atoms with Crippen LogP contribution in [0.3, 0.4) is 0 Å². The quantitative estimate of drug-likeness (QED) is 0.718. The van der Waals surface area contributed by atoms with Crippen LogP contribution in [0.25, 0.3) is 0 Å². The molecule has 1 amide bonds. The average molecular weight is 294 g/mol. The number of aromatic amines is 1. The number of amides is 1. The topological polar surface area (TPSA) is 117 Å². The van der Waals surface area contributed by atoms with E-state index in [1.54, 1.807) is 0 Å². The van der Waals surface area contributed by atoms with Crippen molar-refractivity contribution >= 4 is 11.9 Å². The van der Waals surface area contributed by atoms with Gasteiger partial charge in [0, 0.05) is 25.7 Å². The summed E-state index contributed by atoms with van der Waals surface area (Å²) in [6.07, 6.45) is 2.92. The highest BCUT2D eigenvalue weighted by Gasteiger charge is 2.40. The van der Waals surface area contributed by atoms with E-state index in [-0.39, 0.29) is 12.4 Å². The van der Waals surface area contributed by atoms with Gasteiger partial charge in [0.05, 0.1) is 5.41 Å². The standard InChI is InChI=1S/C13H18N4O4/c18-11(10-15-9(16-17-10)8-1-2-8)14-7-13(12(19)20)3-5-21-6-4-13/h8H,1-7H2,(H,14,18)(H,19,20)(H,15,16,17). The van der Waals surface area contributed by atoms with Gasteiger partial charge in [-0.2, -0.15) is 0 Å². The van der Waals surface area contributed by atoms with Gasteiger partial charge in [0.2, 0.25) is 5.82 Å². The van der Waals surface area contributed by atoms with Crippen molar-refractivity contribution in [2.24, 2.45) is 5.41 Å². The van der Waals surface area contributed by atoms with Gasteiger partial charge < -0.3 is 15.2 Å². The predicted octanol–water partition coefficient (Wildman–Crippen LogP) is 0.293. The summed E-state index contributed by atoms with van der Waals surface area (Å²) in [4.78, 5) is 27.7. The first-order chi connectivity index (χ1) is 10.1. The van der Waals surface area contributed by atoms with Crippen molar-refractivity contribution in [1.29, 1.82) is 0 Å². The molecule has 1 aliphatic carbocycles. The Hall–Kier alpha value is -1.96. The highest BCUT2D eigenvalue weighted by atomic mass is 16.5. The second-order valence-corrected chi connectivity index (χ2v) is 5.70. The highest BCUT2D eigenvalue weighted by molar-refractivity contribution is 5.90. The molecule has 1 aromatic rings. The van der Waals surface area contributed by atoms with E-state index in [0.29, 0.717) is 32.0 Å². The van der Waals surface area contributed by atoms with E-state index in [4.69, 9.17) is 4.74 Å². The number of carboxylic acid groups (broad SMARTS) is 1. The summed E-state index contributed by atoms with van der Waals surface area (Å²) < 4.78 is 5.20. The van der Waals surface area contributed by atoms with Crippen LogP contribution in [0.15, 0.2) is 0 Å². The van der Waals surface area contributed by atoms with Crippen LogP contribution in [-0.2, 0) is 9.53 Å². The largest absolute Gasteiger partial charge is 0.481 e. The van der Waals surface area contributed by atoms with Gasteiger partial charge in [-0.25, -0.2) is 4.98 Å². The number of aliphatic carboxylic acids is 1. The smallest absolute Gasteiger partial charge is 0.311 e. The number of hydrogen-bond acceptors (Lipinski definition) is 5. The van der Waals surface area contributed by atoms with Gasteiger partial charge in [0.15, 0.2) is 0 Å². The third kappa shape index (κ3) is 2.90. The van der Waals surface area contributed by atoms with Crippen LogP contribution in [-0.4, -0.2) is 51.9 Å². The van der Waals surface area contributed by atoms with Crippen LogP contribution in [0.5, 0.6) is 0 Å². The molecular weight excluding hydrogens is 276 g/mol. The summed E-state index contributed by atoms with van der Waals surface area (Å²) in [6.45, 7) is 0.862. The number of carbonyl (C=O) groups excluding carboxylic acids is 1. The molecule has 2 fully saturated rings. The summed E-state index contributed by atoms with van der Waals surface area (Å²) in [6, 6.07) is 0. The number of carboxylic acids is 1. The average Bonchev–Trinajstić information content (AvgIpc) is 3.23. The second kappa shape index (κ2) is 5.44. The van der Waals surface area contributed by atoms with Crippen LogP contribution in [0.2, 0.25) is 0 Å². The molecular formula is C13H18N4O4. The molecule has 8 nitrogen and oxygen atoms in total. The van der Waals surface area contributed by atoms with Gasteiger partial charge in [-0.3, -0.25) is 14.7 Å². The summed E-state index contributed by atoms with van der Waals surface area (Å²) in [7, 11) is 0. The Morgan fingerprint density at radius 1 is 1.38 bits per heavy atom. The number of rotatable bonds is 5. The number of nitrogens with zero attached hydrogens (tertiary/aromatic N) is 2. The van der Waals surface area contributed by atoms with E-state index in [2.05, 4.69) is 20.5 Å². The fraction of sp³-hybridized carbons (Fsp3) is 0.692. The van der Waals surface area contributed by atoms with Gasteiger partial charge >= 0.3 is 5.97 Å². The number of carbonyl (C=O) groups is 2. The molecule has 2 aliphatic rings. The molecule has 1 aliphatic heterocycles. The molecule has 0 radical (unpaired) electrons. The number of ether oxygens (including phenoxy) is 1. The predicted molar refractivity (Wildman–Crippen MR) is 70.8 cm³/mol. The first-order valence-corrected chi connectivity index (χ1v) is 7.12. The number of hydrogen-bond donors (Lipinski definition) is 3. The van der Waals surface area contributed by atoms with Gasteiger partial charge in [-0.15, -0.1) is 5.10 Å². The SMILES string of the molecule is O=C(NCC1(C(=O)O)CCOCC1)c1n[nH]c(C2CC2)n1. The maximum absolute atomic E-state index is 12.0. The fourth-order valence-corrected chi connectivity index (χ4v) is 2.47. The van der Waals surface area contributed by atoms with Gasteiger partial charge in [0.1, 0.15) is 5.82 Å². The molecule has 8 heteroatoms. The van der Waals surface area contributed by atoms with Gasteiger partial charge in [-0.05, 0) is 25.7 Å². The Morgan fingerprint density at radius 2 is 2.10 bits per heavy atom. The summed E-state index contributed by atoms with van der Waals surface area (Å²) in [5, 5.41) is 18.7. The Labute approximate surface area is 121 Å². The zero-order valence-electron chi connectivity index (χ0n) is 11.6.